The Morgan fingerprint density at radius 2 is 1.94 bits per heavy atom. The number of amides is 1. The molecule has 0 atom stereocenters. The lowest BCUT2D eigenvalue weighted by Gasteiger charge is -2.24. The van der Waals surface area contributed by atoms with Crippen molar-refractivity contribution < 1.29 is 9.21 Å². The molecule has 4 rings (SSSR count). The predicted molar refractivity (Wildman–Crippen MR) is 127 cm³/mol. The van der Waals surface area contributed by atoms with Gasteiger partial charge in [0.2, 0.25) is 5.91 Å². The standard InChI is InChI=1S/C25H25ClN4O2/c1-2-23-28-22-15-19(26)10-11-21(22)25(29-23)30(17-20-9-6-14-32-20)13-12-24(31)27-16-18-7-4-3-5-8-18/h3-11,14-15H,2,12-13,16-17H2,1H3,(H,27,31). The van der Waals surface area contributed by atoms with E-state index < -0.39 is 0 Å². The van der Waals surface area contributed by atoms with Crippen molar-refractivity contribution in [1.82, 2.24) is 15.3 Å². The topological polar surface area (TPSA) is 71.3 Å². The van der Waals surface area contributed by atoms with E-state index >= 15 is 0 Å². The SMILES string of the molecule is CCc1nc(N(CCC(=O)NCc2ccccc2)Cc2ccco2)c2ccc(Cl)cc2n1. The molecule has 2 aromatic carbocycles. The van der Waals surface area contributed by atoms with Crippen LogP contribution in [0.15, 0.2) is 71.3 Å². The highest BCUT2D eigenvalue weighted by atomic mass is 35.5. The van der Waals surface area contributed by atoms with E-state index in [2.05, 4.69) is 15.2 Å². The van der Waals surface area contributed by atoms with Gasteiger partial charge < -0.3 is 14.6 Å². The Balaban J connectivity index is 1.56. The number of hydrogen-bond donors (Lipinski definition) is 1. The van der Waals surface area contributed by atoms with E-state index in [0.29, 0.717) is 37.5 Å². The Morgan fingerprint density at radius 1 is 1.09 bits per heavy atom. The van der Waals surface area contributed by atoms with Crippen molar-refractivity contribution in [3.63, 3.8) is 0 Å². The monoisotopic (exact) mass is 448 g/mol. The number of fused-ring (bicyclic) bond motifs is 1. The lowest BCUT2D eigenvalue weighted by molar-refractivity contribution is -0.121. The minimum absolute atomic E-state index is 0.0181. The summed E-state index contributed by atoms with van der Waals surface area (Å²) in [4.78, 5) is 24.1. The van der Waals surface area contributed by atoms with Crippen LogP contribution in [-0.2, 0) is 24.3 Å². The molecule has 0 aliphatic heterocycles. The number of carbonyl (C=O) groups excluding carboxylic acids is 1. The Labute approximate surface area is 192 Å². The average molecular weight is 449 g/mol. The molecule has 0 aliphatic carbocycles. The molecule has 164 valence electrons. The fourth-order valence-corrected chi connectivity index (χ4v) is 3.67. The van der Waals surface area contributed by atoms with Crippen molar-refractivity contribution >= 4 is 34.2 Å². The highest BCUT2D eigenvalue weighted by Crippen LogP contribution is 2.28. The fraction of sp³-hybridized carbons (Fsp3) is 0.240. The summed E-state index contributed by atoms with van der Waals surface area (Å²) in [6.45, 7) is 3.51. The zero-order chi connectivity index (χ0) is 22.3. The maximum atomic E-state index is 12.6. The van der Waals surface area contributed by atoms with E-state index in [4.69, 9.17) is 21.0 Å². The molecular weight excluding hydrogens is 424 g/mol. The van der Waals surface area contributed by atoms with Crippen LogP contribution in [0.3, 0.4) is 0 Å². The third-order valence-corrected chi connectivity index (χ3v) is 5.40. The lowest BCUT2D eigenvalue weighted by atomic mass is 10.2. The first-order valence-electron chi connectivity index (χ1n) is 10.7. The number of aromatic nitrogens is 2. The third kappa shape index (κ3) is 5.45. The first-order valence-corrected chi connectivity index (χ1v) is 11.0. The van der Waals surface area contributed by atoms with Gasteiger partial charge in [0.15, 0.2) is 0 Å². The number of furan rings is 1. The molecule has 0 saturated heterocycles. The molecule has 0 fully saturated rings. The van der Waals surface area contributed by atoms with Crippen LogP contribution in [0.2, 0.25) is 5.02 Å². The minimum Gasteiger partial charge on any atom is -0.467 e. The largest absolute Gasteiger partial charge is 0.467 e. The van der Waals surface area contributed by atoms with Gasteiger partial charge in [-0.05, 0) is 35.9 Å². The second-order valence-corrected chi connectivity index (χ2v) is 7.93. The number of benzene rings is 2. The fourth-order valence-electron chi connectivity index (χ4n) is 3.50. The van der Waals surface area contributed by atoms with E-state index in [0.717, 1.165) is 33.9 Å². The number of rotatable bonds is 9. The zero-order valence-electron chi connectivity index (χ0n) is 17.9. The van der Waals surface area contributed by atoms with Crippen LogP contribution in [0, 0.1) is 0 Å². The van der Waals surface area contributed by atoms with Gasteiger partial charge in [-0.3, -0.25) is 4.79 Å². The Morgan fingerprint density at radius 3 is 2.69 bits per heavy atom. The Kier molecular flexibility index (Phi) is 7.02. The third-order valence-electron chi connectivity index (χ3n) is 5.17. The van der Waals surface area contributed by atoms with Crippen LogP contribution in [0.25, 0.3) is 10.9 Å². The van der Waals surface area contributed by atoms with Gasteiger partial charge >= 0.3 is 0 Å². The quantitative estimate of drug-likeness (QED) is 0.383. The van der Waals surface area contributed by atoms with Gasteiger partial charge in [0.05, 0.1) is 18.3 Å². The van der Waals surface area contributed by atoms with Crippen LogP contribution in [0.1, 0.15) is 30.5 Å². The molecule has 0 unspecified atom stereocenters. The molecule has 0 aliphatic rings. The summed E-state index contributed by atoms with van der Waals surface area (Å²) in [5.74, 6) is 2.28. The van der Waals surface area contributed by atoms with E-state index in [1.165, 1.54) is 0 Å². The van der Waals surface area contributed by atoms with Gasteiger partial charge in [0, 0.05) is 36.3 Å². The van der Waals surface area contributed by atoms with E-state index in [-0.39, 0.29) is 5.91 Å². The predicted octanol–water partition coefficient (Wildman–Crippen LogP) is 5.15. The molecule has 0 spiro atoms. The smallest absolute Gasteiger partial charge is 0.222 e. The molecule has 6 nitrogen and oxygen atoms in total. The van der Waals surface area contributed by atoms with Gasteiger partial charge in [-0.1, -0.05) is 48.9 Å². The van der Waals surface area contributed by atoms with Gasteiger partial charge in [0.25, 0.3) is 0 Å². The summed E-state index contributed by atoms with van der Waals surface area (Å²) in [5.41, 5.74) is 1.86. The molecule has 2 aromatic heterocycles. The maximum absolute atomic E-state index is 12.6. The number of nitrogens with one attached hydrogen (secondary N) is 1. The normalized spacial score (nSPS) is 10.9. The highest BCUT2D eigenvalue weighted by Gasteiger charge is 2.17. The van der Waals surface area contributed by atoms with Gasteiger partial charge in [-0.25, -0.2) is 9.97 Å². The number of anilines is 1. The molecule has 1 amide bonds. The second kappa shape index (κ2) is 10.3. The summed E-state index contributed by atoms with van der Waals surface area (Å²) in [6, 6.07) is 19.3. The lowest BCUT2D eigenvalue weighted by Crippen LogP contribution is -2.31. The van der Waals surface area contributed by atoms with Gasteiger partial charge in [-0.2, -0.15) is 0 Å². The van der Waals surface area contributed by atoms with Gasteiger partial charge in [0.1, 0.15) is 17.4 Å². The number of aryl methyl sites for hydroxylation is 1. The first-order chi connectivity index (χ1) is 15.6. The van der Waals surface area contributed by atoms with Crippen molar-refractivity contribution in [2.75, 3.05) is 11.4 Å². The zero-order valence-corrected chi connectivity index (χ0v) is 18.7. The van der Waals surface area contributed by atoms with Crippen molar-refractivity contribution in [2.45, 2.75) is 32.9 Å². The molecule has 0 saturated carbocycles. The second-order valence-electron chi connectivity index (χ2n) is 7.49. The number of nitrogens with zero attached hydrogens (tertiary/aromatic N) is 3. The summed E-state index contributed by atoms with van der Waals surface area (Å²) in [7, 11) is 0. The summed E-state index contributed by atoms with van der Waals surface area (Å²) in [5, 5.41) is 4.51. The average Bonchev–Trinajstić information content (AvgIpc) is 3.33. The van der Waals surface area contributed by atoms with Crippen molar-refractivity contribution in [1.29, 1.82) is 0 Å². The number of carbonyl (C=O) groups is 1. The summed E-state index contributed by atoms with van der Waals surface area (Å²) >= 11 is 6.21. The highest BCUT2D eigenvalue weighted by molar-refractivity contribution is 6.31. The maximum Gasteiger partial charge on any atom is 0.222 e. The summed E-state index contributed by atoms with van der Waals surface area (Å²) < 4.78 is 5.58. The van der Waals surface area contributed by atoms with Crippen LogP contribution in [-0.4, -0.2) is 22.4 Å². The van der Waals surface area contributed by atoms with Crippen LogP contribution >= 0.6 is 11.6 Å². The van der Waals surface area contributed by atoms with Gasteiger partial charge in [-0.15, -0.1) is 0 Å². The molecule has 2 heterocycles. The number of halogens is 1. The van der Waals surface area contributed by atoms with Crippen molar-refractivity contribution in [3.05, 3.63) is 89.1 Å². The Hall–Kier alpha value is -3.38. The van der Waals surface area contributed by atoms with Crippen LogP contribution < -0.4 is 10.2 Å². The molecule has 4 aromatic rings. The van der Waals surface area contributed by atoms with E-state index in [1.54, 1.807) is 6.26 Å². The number of hydrogen-bond acceptors (Lipinski definition) is 5. The van der Waals surface area contributed by atoms with Crippen molar-refractivity contribution in [3.8, 4) is 0 Å². The molecule has 1 N–H and O–H groups in total. The van der Waals surface area contributed by atoms with Crippen LogP contribution in [0.4, 0.5) is 5.82 Å². The minimum atomic E-state index is -0.0181. The van der Waals surface area contributed by atoms with E-state index in [9.17, 15) is 4.79 Å². The summed E-state index contributed by atoms with van der Waals surface area (Å²) in [6.07, 6.45) is 2.67. The molecule has 0 bridgehead atoms. The molecule has 7 heteroatoms. The van der Waals surface area contributed by atoms with E-state index in [1.807, 2.05) is 67.6 Å². The van der Waals surface area contributed by atoms with Crippen LogP contribution in [0.5, 0.6) is 0 Å². The molecule has 32 heavy (non-hydrogen) atoms. The molecule has 0 radical (unpaired) electrons. The molecular formula is C25H25ClN4O2. The van der Waals surface area contributed by atoms with Crippen molar-refractivity contribution in [2.24, 2.45) is 0 Å². The Bertz CT molecular complexity index is 1180. The first kappa shape index (κ1) is 21.8.